The molecule has 1 aromatic heterocycles. The molecule has 1 atom stereocenters. The minimum Gasteiger partial charge on any atom is -0.478 e. The van der Waals surface area contributed by atoms with Gasteiger partial charge in [0, 0.05) is 21.5 Å². The summed E-state index contributed by atoms with van der Waals surface area (Å²) in [4.78, 5) is 63.7. The number of hydrogen-bond donors (Lipinski definition) is 4. The highest BCUT2D eigenvalue weighted by Crippen LogP contribution is 2.40. The third-order valence-electron chi connectivity index (χ3n) is 7.21. The number of methoxy groups -OCH3 is 1. The van der Waals surface area contributed by atoms with Gasteiger partial charge < -0.3 is 25.6 Å². The number of ether oxygens (including phenoxy) is 1. The third-order valence-corrected chi connectivity index (χ3v) is 9.35. The fourth-order valence-corrected chi connectivity index (χ4v) is 6.86. The van der Waals surface area contributed by atoms with Crippen molar-refractivity contribution in [2.75, 3.05) is 17.7 Å². The van der Waals surface area contributed by atoms with Gasteiger partial charge in [0.05, 0.1) is 23.8 Å². The van der Waals surface area contributed by atoms with E-state index in [-0.39, 0.29) is 16.7 Å². The molecule has 1 heterocycles. The maximum atomic E-state index is 14.0. The molecule has 242 valence electrons. The largest absolute Gasteiger partial charge is 0.478 e. The van der Waals surface area contributed by atoms with Crippen LogP contribution in [0, 0.1) is 6.92 Å². The molecule has 4 aromatic carbocycles. The van der Waals surface area contributed by atoms with E-state index in [2.05, 4.69) is 10.6 Å². The summed E-state index contributed by atoms with van der Waals surface area (Å²) in [7, 11) is 1.28. The smallest absolute Gasteiger partial charge is 0.341 e. The van der Waals surface area contributed by atoms with Gasteiger partial charge in [-0.25, -0.2) is 14.4 Å². The highest BCUT2D eigenvalue weighted by molar-refractivity contribution is 8.00. The molecule has 5 aromatic rings. The Morgan fingerprint density at radius 1 is 0.792 bits per heavy atom. The van der Waals surface area contributed by atoms with Crippen molar-refractivity contribution in [3.63, 3.8) is 0 Å². The molecule has 1 unspecified atom stereocenters. The Morgan fingerprint density at radius 3 is 2.19 bits per heavy atom. The Kier molecular flexibility index (Phi) is 10.4. The summed E-state index contributed by atoms with van der Waals surface area (Å²) in [6.07, 6.45) is 0. The highest BCUT2D eigenvalue weighted by Gasteiger charge is 2.27. The van der Waals surface area contributed by atoms with E-state index < -0.39 is 40.5 Å². The summed E-state index contributed by atoms with van der Waals surface area (Å²) in [5.41, 5.74) is 2.83. The third kappa shape index (κ3) is 7.63. The topological polar surface area (TPSA) is 159 Å². The van der Waals surface area contributed by atoms with Crippen LogP contribution < -0.4 is 10.6 Å². The quantitative estimate of drug-likeness (QED) is 0.0813. The first-order valence-electron chi connectivity index (χ1n) is 14.4. The molecule has 12 heteroatoms. The minimum atomic E-state index is -1.45. The van der Waals surface area contributed by atoms with Crippen LogP contribution in [-0.4, -0.2) is 47.0 Å². The zero-order valence-corrected chi connectivity index (χ0v) is 27.2. The summed E-state index contributed by atoms with van der Waals surface area (Å²) in [5, 5.41) is 25.8. The maximum Gasteiger partial charge on any atom is 0.341 e. The lowest BCUT2D eigenvalue weighted by molar-refractivity contribution is -0.115. The molecule has 0 bridgehead atoms. The second-order valence-electron chi connectivity index (χ2n) is 10.5. The molecule has 48 heavy (non-hydrogen) atoms. The van der Waals surface area contributed by atoms with Crippen molar-refractivity contribution in [3.8, 4) is 11.1 Å². The van der Waals surface area contributed by atoms with Crippen LogP contribution in [0.1, 0.15) is 57.8 Å². The highest BCUT2D eigenvalue weighted by atomic mass is 32.2. The Hall–Kier alpha value is -5.72. The molecule has 0 aliphatic carbocycles. The van der Waals surface area contributed by atoms with E-state index >= 15 is 0 Å². The number of nitrogens with one attached hydrogen (secondary N) is 2. The van der Waals surface area contributed by atoms with Crippen LogP contribution in [0.3, 0.4) is 0 Å². The van der Waals surface area contributed by atoms with Gasteiger partial charge in [0.25, 0.3) is 5.91 Å². The summed E-state index contributed by atoms with van der Waals surface area (Å²) < 4.78 is 5.08. The number of carbonyl (C=O) groups excluding carboxylic acids is 3. The number of aromatic carboxylic acids is 2. The van der Waals surface area contributed by atoms with Crippen molar-refractivity contribution in [2.45, 2.75) is 17.1 Å². The second-order valence-corrected chi connectivity index (χ2v) is 12.5. The van der Waals surface area contributed by atoms with Gasteiger partial charge in [-0.2, -0.15) is 0 Å². The summed E-state index contributed by atoms with van der Waals surface area (Å²) in [6.45, 7) is 1.96. The first kappa shape index (κ1) is 33.6. The number of aryl methyl sites for hydroxylation is 1. The lowest BCUT2D eigenvalue weighted by Gasteiger charge is -2.18. The summed E-state index contributed by atoms with van der Waals surface area (Å²) >= 11 is 2.42. The van der Waals surface area contributed by atoms with Crippen LogP contribution in [0.5, 0.6) is 0 Å². The van der Waals surface area contributed by atoms with Crippen LogP contribution in [0.2, 0.25) is 0 Å². The van der Waals surface area contributed by atoms with Crippen molar-refractivity contribution in [1.29, 1.82) is 0 Å². The van der Waals surface area contributed by atoms with E-state index in [4.69, 9.17) is 4.74 Å². The number of hydrogen-bond acceptors (Lipinski definition) is 8. The van der Waals surface area contributed by atoms with Gasteiger partial charge in [-0.05, 0) is 54.4 Å². The van der Waals surface area contributed by atoms with E-state index in [1.165, 1.54) is 30.2 Å². The molecule has 0 aliphatic heterocycles. The molecule has 2 amide bonds. The Morgan fingerprint density at radius 2 is 1.52 bits per heavy atom. The van der Waals surface area contributed by atoms with Gasteiger partial charge in [0.15, 0.2) is 0 Å². The van der Waals surface area contributed by atoms with Crippen molar-refractivity contribution in [2.24, 2.45) is 0 Å². The average Bonchev–Trinajstić information content (AvgIpc) is 3.50. The van der Waals surface area contributed by atoms with Crippen molar-refractivity contribution in [3.05, 3.63) is 136 Å². The molecule has 0 fully saturated rings. The first-order valence-corrected chi connectivity index (χ1v) is 16.1. The van der Waals surface area contributed by atoms with Crippen LogP contribution in [0.15, 0.2) is 107 Å². The van der Waals surface area contributed by atoms with E-state index in [9.17, 15) is 34.2 Å². The molecule has 10 nitrogen and oxygen atoms in total. The lowest BCUT2D eigenvalue weighted by atomic mass is 10.0. The zero-order chi connectivity index (χ0) is 34.4. The SMILES string of the molecule is COC(=O)c1c(-c2ccc(C)cc2)csc1NC(=O)C(Sc1cccc(NC(=O)c2ccc(C(=O)O)cc2C(=O)O)c1)c1ccccc1. The molecule has 0 aliphatic rings. The Balaban J connectivity index is 1.41. The molecule has 5 rings (SSSR count). The number of thioether (sulfide) groups is 1. The zero-order valence-electron chi connectivity index (χ0n) is 25.6. The second kappa shape index (κ2) is 14.8. The van der Waals surface area contributed by atoms with Crippen LogP contribution >= 0.6 is 23.1 Å². The van der Waals surface area contributed by atoms with Crippen LogP contribution in [0.4, 0.5) is 10.7 Å². The Labute approximate surface area is 283 Å². The van der Waals surface area contributed by atoms with Gasteiger partial charge in [0.1, 0.15) is 15.8 Å². The molecule has 0 saturated carbocycles. The summed E-state index contributed by atoms with van der Waals surface area (Å²) in [6, 6.07) is 26.6. The number of anilines is 2. The number of benzene rings is 4. The Bertz CT molecular complexity index is 2020. The van der Waals surface area contributed by atoms with E-state index in [1.807, 2.05) is 61.5 Å². The number of carboxylic acid groups (broad SMARTS) is 2. The molecule has 0 radical (unpaired) electrons. The predicted octanol–water partition coefficient (Wildman–Crippen LogP) is 7.63. The molecule has 0 saturated heterocycles. The van der Waals surface area contributed by atoms with Gasteiger partial charge in [-0.3, -0.25) is 9.59 Å². The van der Waals surface area contributed by atoms with E-state index in [0.29, 0.717) is 26.7 Å². The predicted molar refractivity (Wildman–Crippen MR) is 184 cm³/mol. The monoisotopic (exact) mass is 680 g/mol. The fraction of sp³-hybridized carbons (Fsp3) is 0.0833. The van der Waals surface area contributed by atoms with Crippen LogP contribution in [0.25, 0.3) is 11.1 Å². The average molecular weight is 681 g/mol. The number of carbonyl (C=O) groups is 5. The molecule has 0 spiro atoms. The van der Waals surface area contributed by atoms with Crippen molar-refractivity contribution < 1.29 is 38.9 Å². The van der Waals surface area contributed by atoms with Gasteiger partial charge >= 0.3 is 17.9 Å². The standard InChI is InChI=1S/C36H28N2O8S2/c1-20-11-13-21(14-12-20)28-19-47-33(29(28)36(45)46-2)38-32(40)30(22-7-4-3-5-8-22)48-25-10-6-9-24(18-25)37-31(39)26-16-15-23(34(41)42)17-27(26)35(43)44/h3-19,30H,1-2H3,(H,37,39)(H,38,40)(H,41,42)(H,43,44). The lowest BCUT2D eigenvalue weighted by Crippen LogP contribution is -2.20. The van der Waals surface area contributed by atoms with Gasteiger partial charge in [-0.1, -0.05) is 66.2 Å². The number of thiophene rings is 1. The number of amides is 2. The number of carboxylic acids is 2. The molecule has 4 N–H and O–H groups in total. The van der Waals surface area contributed by atoms with Crippen LogP contribution in [-0.2, 0) is 9.53 Å². The van der Waals surface area contributed by atoms with Gasteiger partial charge in [-0.15, -0.1) is 23.1 Å². The summed E-state index contributed by atoms with van der Waals surface area (Å²) in [5.74, 6) is -4.50. The van der Waals surface area contributed by atoms with Crippen molar-refractivity contribution in [1.82, 2.24) is 0 Å². The normalized spacial score (nSPS) is 11.3. The minimum absolute atomic E-state index is 0.213. The molecular weight excluding hydrogens is 653 g/mol. The van der Waals surface area contributed by atoms with E-state index in [1.54, 1.807) is 29.6 Å². The fourth-order valence-electron chi connectivity index (χ4n) is 4.81. The maximum absolute atomic E-state index is 14.0. The molecular formula is C36H28N2O8S2. The number of rotatable bonds is 11. The van der Waals surface area contributed by atoms with E-state index in [0.717, 1.165) is 29.3 Å². The number of esters is 1. The van der Waals surface area contributed by atoms with Crippen molar-refractivity contribution >= 4 is 63.5 Å². The first-order chi connectivity index (χ1) is 23.0. The van der Waals surface area contributed by atoms with Gasteiger partial charge in [0.2, 0.25) is 5.91 Å².